The Morgan fingerprint density at radius 2 is 1.95 bits per heavy atom. The molecule has 20 heavy (non-hydrogen) atoms. The van der Waals surface area contributed by atoms with Crippen LogP contribution in [0.2, 0.25) is 5.02 Å². The lowest BCUT2D eigenvalue weighted by molar-refractivity contribution is 0.100. The van der Waals surface area contributed by atoms with E-state index in [4.69, 9.17) is 20.8 Å². The van der Waals surface area contributed by atoms with Gasteiger partial charge in [-0.15, -0.1) is 0 Å². The van der Waals surface area contributed by atoms with Gasteiger partial charge in [0, 0.05) is 10.6 Å². The molecular formula is C15H10ClNO3. The van der Waals surface area contributed by atoms with Gasteiger partial charge in [0.1, 0.15) is 11.3 Å². The van der Waals surface area contributed by atoms with Crippen molar-refractivity contribution in [2.75, 3.05) is 7.11 Å². The molecule has 3 rings (SSSR count). The number of ether oxygens (including phenoxy) is 1. The molecular weight excluding hydrogens is 278 g/mol. The van der Waals surface area contributed by atoms with Gasteiger partial charge in [-0.05, 0) is 42.5 Å². The minimum atomic E-state index is -0.278. The fraction of sp³-hybridized carbons (Fsp3) is 0.0667. The molecule has 5 heteroatoms. The first-order valence-corrected chi connectivity index (χ1v) is 6.30. The summed E-state index contributed by atoms with van der Waals surface area (Å²) in [6.07, 6.45) is 0. The predicted molar refractivity (Wildman–Crippen MR) is 75.4 cm³/mol. The zero-order chi connectivity index (χ0) is 14.1. The lowest BCUT2D eigenvalue weighted by atomic mass is 10.1. The second-order valence-corrected chi connectivity index (χ2v) is 4.63. The summed E-state index contributed by atoms with van der Waals surface area (Å²) in [6, 6.07) is 11.8. The van der Waals surface area contributed by atoms with Gasteiger partial charge < -0.3 is 9.15 Å². The second-order valence-electron chi connectivity index (χ2n) is 4.19. The number of carbonyl (C=O) groups excluding carboxylic acids is 1. The first kappa shape index (κ1) is 12.7. The fourth-order valence-corrected chi connectivity index (χ4v) is 2.03. The number of aromatic nitrogens is 1. The van der Waals surface area contributed by atoms with Gasteiger partial charge >= 0.3 is 0 Å². The smallest absolute Gasteiger partial charge is 0.269 e. The van der Waals surface area contributed by atoms with Crippen molar-refractivity contribution in [3.63, 3.8) is 0 Å². The Bertz CT molecular complexity index is 777. The van der Waals surface area contributed by atoms with Crippen LogP contribution in [0, 0.1) is 0 Å². The third-order valence-electron chi connectivity index (χ3n) is 2.90. The first-order chi connectivity index (χ1) is 9.67. The highest BCUT2D eigenvalue weighted by Crippen LogP contribution is 2.22. The van der Waals surface area contributed by atoms with Gasteiger partial charge in [-0.2, -0.15) is 0 Å². The lowest BCUT2D eigenvalue weighted by Gasteiger charge is -2.00. The predicted octanol–water partition coefficient (Wildman–Crippen LogP) is 3.72. The van der Waals surface area contributed by atoms with Crippen molar-refractivity contribution in [2.24, 2.45) is 0 Å². The molecule has 0 atom stereocenters. The fourth-order valence-electron chi connectivity index (χ4n) is 1.86. The van der Waals surface area contributed by atoms with E-state index in [9.17, 15) is 4.79 Å². The number of methoxy groups -OCH3 is 1. The van der Waals surface area contributed by atoms with Crippen LogP contribution in [0.1, 0.15) is 16.2 Å². The summed E-state index contributed by atoms with van der Waals surface area (Å²) >= 11 is 5.88. The number of rotatable bonds is 3. The Morgan fingerprint density at radius 3 is 2.65 bits per heavy atom. The number of benzene rings is 2. The monoisotopic (exact) mass is 287 g/mol. The normalized spacial score (nSPS) is 10.7. The average molecular weight is 288 g/mol. The highest BCUT2D eigenvalue weighted by Gasteiger charge is 2.16. The highest BCUT2D eigenvalue weighted by atomic mass is 35.5. The molecule has 0 unspecified atom stereocenters. The van der Waals surface area contributed by atoms with E-state index >= 15 is 0 Å². The van der Waals surface area contributed by atoms with Gasteiger partial charge in [0.2, 0.25) is 5.78 Å². The highest BCUT2D eigenvalue weighted by molar-refractivity contribution is 6.31. The van der Waals surface area contributed by atoms with E-state index in [-0.39, 0.29) is 11.7 Å². The van der Waals surface area contributed by atoms with E-state index in [0.717, 1.165) is 0 Å². The Kier molecular flexibility index (Phi) is 3.16. The van der Waals surface area contributed by atoms with Crippen LogP contribution in [0.5, 0.6) is 5.75 Å². The summed E-state index contributed by atoms with van der Waals surface area (Å²) in [5, 5.41) is 0.550. The molecule has 0 N–H and O–H groups in total. The number of halogens is 1. The Morgan fingerprint density at radius 1 is 1.20 bits per heavy atom. The molecule has 0 spiro atoms. The molecule has 0 saturated heterocycles. The van der Waals surface area contributed by atoms with Gasteiger partial charge in [-0.3, -0.25) is 4.79 Å². The molecule has 0 amide bonds. The number of hydrogen-bond acceptors (Lipinski definition) is 4. The van der Waals surface area contributed by atoms with Crippen LogP contribution in [-0.4, -0.2) is 17.9 Å². The summed E-state index contributed by atoms with van der Waals surface area (Å²) < 4.78 is 10.5. The Balaban J connectivity index is 1.98. The molecule has 0 aliphatic heterocycles. The van der Waals surface area contributed by atoms with Crippen LogP contribution < -0.4 is 4.74 Å². The summed E-state index contributed by atoms with van der Waals surface area (Å²) in [6.45, 7) is 0. The zero-order valence-electron chi connectivity index (χ0n) is 10.6. The van der Waals surface area contributed by atoms with Gasteiger partial charge in [-0.25, -0.2) is 4.98 Å². The van der Waals surface area contributed by atoms with Crippen molar-refractivity contribution >= 4 is 28.5 Å². The summed E-state index contributed by atoms with van der Waals surface area (Å²) in [5.41, 5.74) is 1.59. The van der Waals surface area contributed by atoms with Crippen LogP contribution in [0.15, 0.2) is 46.9 Å². The quantitative estimate of drug-likeness (QED) is 0.689. The zero-order valence-corrected chi connectivity index (χ0v) is 11.3. The van der Waals surface area contributed by atoms with E-state index in [1.807, 2.05) is 0 Å². The maximum atomic E-state index is 12.3. The standard InChI is InChI=1S/C15H10ClNO3/c1-19-11-5-2-9(3-6-11)14(18)15-17-12-8-10(16)4-7-13(12)20-15/h2-8H,1H3. The number of fused-ring (bicyclic) bond motifs is 1. The second kappa shape index (κ2) is 4.98. The van der Waals surface area contributed by atoms with Crippen molar-refractivity contribution in [3.05, 3.63) is 58.9 Å². The average Bonchev–Trinajstić information content (AvgIpc) is 2.89. The molecule has 2 aromatic carbocycles. The van der Waals surface area contributed by atoms with Gasteiger partial charge in [0.05, 0.1) is 7.11 Å². The Hall–Kier alpha value is -2.33. The number of nitrogens with zero attached hydrogens (tertiary/aromatic N) is 1. The van der Waals surface area contributed by atoms with Crippen molar-refractivity contribution in [1.29, 1.82) is 0 Å². The van der Waals surface area contributed by atoms with E-state index < -0.39 is 0 Å². The molecule has 3 aromatic rings. The van der Waals surface area contributed by atoms with E-state index in [1.165, 1.54) is 0 Å². The summed E-state index contributed by atoms with van der Waals surface area (Å²) in [7, 11) is 1.57. The molecule has 0 aliphatic rings. The minimum Gasteiger partial charge on any atom is -0.497 e. The largest absolute Gasteiger partial charge is 0.497 e. The van der Waals surface area contributed by atoms with Crippen LogP contribution in [-0.2, 0) is 0 Å². The molecule has 0 saturated carbocycles. The van der Waals surface area contributed by atoms with E-state index in [0.29, 0.717) is 27.4 Å². The van der Waals surface area contributed by atoms with Crippen LogP contribution >= 0.6 is 11.6 Å². The van der Waals surface area contributed by atoms with Crippen LogP contribution in [0.4, 0.5) is 0 Å². The molecule has 0 fully saturated rings. The molecule has 4 nitrogen and oxygen atoms in total. The third-order valence-corrected chi connectivity index (χ3v) is 3.13. The number of hydrogen-bond donors (Lipinski definition) is 0. The summed E-state index contributed by atoms with van der Waals surface area (Å²) in [5.74, 6) is 0.457. The van der Waals surface area contributed by atoms with Crippen molar-refractivity contribution in [1.82, 2.24) is 4.98 Å². The molecule has 1 aromatic heterocycles. The third kappa shape index (κ3) is 2.26. The van der Waals surface area contributed by atoms with Gasteiger partial charge in [0.15, 0.2) is 5.58 Å². The first-order valence-electron chi connectivity index (χ1n) is 5.92. The molecule has 0 aliphatic carbocycles. The molecule has 100 valence electrons. The van der Waals surface area contributed by atoms with Crippen molar-refractivity contribution in [2.45, 2.75) is 0 Å². The molecule has 1 heterocycles. The maximum Gasteiger partial charge on any atom is 0.269 e. The Labute approximate surface area is 119 Å². The van der Waals surface area contributed by atoms with Crippen molar-refractivity contribution in [3.8, 4) is 5.75 Å². The van der Waals surface area contributed by atoms with Crippen molar-refractivity contribution < 1.29 is 13.9 Å². The molecule has 0 bridgehead atoms. The lowest BCUT2D eigenvalue weighted by Crippen LogP contribution is -2.01. The number of oxazole rings is 1. The van der Waals surface area contributed by atoms with Crippen LogP contribution in [0.3, 0.4) is 0 Å². The van der Waals surface area contributed by atoms with Gasteiger partial charge in [0.25, 0.3) is 5.89 Å². The number of carbonyl (C=O) groups is 1. The van der Waals surface area contributed by atoms with Crippen LogP contribution in [0.25, 0.3) is 11.1 Å². The van der Waals surface area contributed by atoms with Gasteiger partial charge in [-0.1, -0.05) is 11.6 Å². The topological polar surface area (TPSA) is 52.3 Å². The SMILES string of the molecule is COc1ccc(C(=O)c2nc3cc(Cl)ccc3o2)cc1. The van der Waals surface area contributed by atoms with E-state index in [1.54, 1.807) is 49.6 Å². The minimum absolute atomic E-state index is 0.0485. The van der Waals surface area contributed by atoms with E-state index in [2.05, 4.69) is 4.98 Å². The summed E-state index contributed by atoms with van der Waals surface area (Å²) in [4.78, 5) is 16.4. The number of ketones is 1. The molecule has 0 radical (unpaired) electrons. The maximum absolute atomic E-state index is 12.3.